The summed E-state index contributed by atoms with van der Waals surface area (Å²) in [5.74, 6) is -0.151. The van der Waals surface area contributed by atoms with Gasteiger partial charge in [-0.15, -0.1) is 0 Å². The number of rotatable bonds is 10. The van der Waals surface area contributed by atoms with E-state index < -0.39 is 10.0 Å². The van der Waals surface area contributed by atoms with E-state index in [4.69, 9.17) is 5.41 Å². The van der Waals surface area contributed by atoms with Gasteiger partial charge in [0.15, 0.2) is 5.78 Å². The Kier molecular flexibility index (Phi) is 7.92. The predicted molar refractivity (Wildman–Crippen MR) is 153 cm³/mol. The van der Waals surface area contributed by atoms with Crippen molar-refractivity contribution in [3.63, 3.8) is 0 Å². The Hall–Kier alpha value is -3.65. The molecule has 4 aromatic rings. The van der Waals surface area contributed by atoms with E-state index in [1.54, 1.807) is 23.6 Å². The summed E-state index contributed by atoms with van der Waals surface area (Å²) in [4.78, 5) is 13.7. The van der Waals surface area contributed by atoms with Crippen LogP contribution in [0.3, 0.4) is 0 Å². The molecule has 1 heterocycles. The number of imidazole rings is 1. The molecule has 0 atom stereocenters. The SMILES string of the molecule is CCS(=O)(=O)Nc1c(C(C)C)cc(C(=O)Cn2c(=N)n(Cc3ccccc3)c3ccccc32)cc1C(C)C. The fraction of sp³-hybridized carbons (Fsp3) is 0.333. The molecule has 0 aliphatic heterocycles. The summed E-state index contributed by atoms with van der Waals surface area (Å²) < 4.78 is 31.4. The molecule has 7 nitrogen and oxygen atoms in total. The highest BCUT2D eigenvalue weighted by molar-refractivity contribution is 7.92. The lowest BCUT2D eigenvalue weighted by atomic mass is 9.89. The Morgan fingerprint density at radius 1 is 0.868 bits per heavy atom. The molecule has 0 saturated carbocycles. The molecule has 1 aromatic heterocycles. The number of para-hydroxylation sites is 2. The molecule has 4 rings (SSSR count). The van der Waals surface area contributed by atoms with Gasteiger partial charge in [-0.3, -0.25) is 14.9 Å². The molecule has 0 amide bonds. The van der Waals surface area contributed by atoms with E-state index in [1.165, 1.54) is 0 Å². The van der Waals surface area contributed by atoms with Gasteiger partial charge >= 0.3 is 0 Å². The first-order valence-corrected chi connectivity index (χ1v) is 14.7. The van der Waals surface area contributed by atoms with Gasteiger partial charge in [-0.05, 0) is 59.7 Å². The molecule has 200 valence electrons. The largest absolute Gasteiger partial charge is 0.306 e. The molecule has 0 spiro atoms. The summed E-state index contributed by atoms with van der Waals surface area (Å²) in [6.07, 6.45) is 0. The lowest BCUT2D eigenvalue weighted by molar-refractivity contribution is 0.0971. The highest BCUT2D eigenvalue weighted by Crippen LogP contribution is 2.35. The molecule has 2 N–H and O–H groups in total. The minimum absolute atomic E-state index is 0.00183. The summed E-state index contributed by atoms with van der Waals surface area (Å²) in [6.45, 7) is 10.1. The smallest absolute Gasteiger partial charge is 0.232 e. The Bertz CT molecular complexity index is 1600. The van der Waals surface area contributed by atoms with Crippen LogP contribution in [0.1, 0.15) is 73.5 Å². The molecular weight excluding hydrogens is 496 g/mol. The number of fused-ring (bicyclic) bond motifs is 1. The maximum absolute atomic E-state index is 13.7. The van der Waals surface area contributed by atoms with E-state index in [0.717, 1.165) is 27.7 Å². The van der Waals surface area contributed by atoms with Gasteiger partial charge < -0.3 is 9.13 Å². The van der Waals surface area contributed by atoms with Crippen LogP contribution >= 0.6 is 0 Å². The number of aromatic nitrogens is 2. The quantitative estimate of drug-likeness (QED) is 0.250. The number of hydrogen-bond donors (Lipinski definition) is 2. The number of nitrogens with zero attached hydrogens (tertiary/aromatic N) is 2. The third-order valence-electron chi connectivity index (χ3n) is 6.86. The van der Waals surface area contributed by atoms with E-state index in [-0.39, 0.29) is 35.5 Å². The minimum Gasteiger partial charge on any atom is -0.306 e. The number of benzene rings is 3. The minimum atomic E-state index is -3.49. The van der Waals surface area contributed by atoms with Gasteiger partial charge in [-0.25, -0.2) is 8.42 Å². The highest BCUT2D eigenvalue weighted by atomic mass is 32.2. The Balaban J connectivity index is 1.78. The van der Waals surface area contributed by atoms with E-state index in [0.29, 0.717) is 17.8 Å². The fourth-order valence-electron chi connectivity index (χ4n) is 4.72. The number of carbonyl (C=O) groups excluding carboxylic acids is 1. The van der Waals surface area contributed by atoms with E-state index >= 15 is 0 Å². The summed E-state index contributed by atoms with van der Waals surface area (Å²) in [5.41, 5.74) is 5.72. The summed E-state index contributed by atoms with van der Waals surface area (Å²) in [5, 5.41) is 8.95. The van der Waals surface area contributed by atoms with Crippen LogP contribution in [0, 0.1) is 5.41 Å². The lowest BCUT2D eigenvalue weighted by Gasteiger charge is -2.22. The van der Waals surface area contributed by atoms with Crippen LogP contribution in [-0.2, 0) is 23.1 Å². The zero-order valence-electron chi connectivity index (χ0n) is 22.7. The average Bonchev–Trinajstić information content (AvgIpc) is 3.14. The molecule has 3 aromatic carbocycles. The van der Waals surface area contributed by atoms with Gasteiger partial charge in [0, 0.05) is 5.56 Å². The van der Waals surface area contributed by atoms with Crippen molar-refractivity contribution in [3.05, 3.63) is 94.6 Å². The molecule has 0 saturated heterocycles. The first-order valence-electron chi connectivity index (χ1n) is 13.0. The normalized spacial score (nSPS) is 12.0. The maximum Gasteiger partial charge on any atom is 0.232 e. The van der Waals surface area contributed by atoms with Crippen molar-refractivity contribution in [2.45, 2.75) is 59.5 Å². The molecule has 8 heteroatoms. The molecule has 0 fully saturated rings. The van der Waals surface area contributed by atoms with Crippen molar-refractivity contribution in [2.24, 2.45) is 0 Å². The second kappa shape index (κ2) is 11.0. The Labute approximate surface area is 224 Å². The van der Waals surface area contributed by atoms with Crippen LogP contribution in [0.4, 0.5) is 5.69 Å². The number of ketones is 1. The van der Waals surface area contributed by atoms with Crippen molar-refractivity contribution in [1.29, 1.82) is 5.41 Å². The molecule has 0 bridgehead atoms. The summed E-state index contributed by atoms with van der Waals surface area (Å²) in [6, 6.07) is 21.3. The third kappa shape index (κ3) is 5.60. The number of Topliss-reactive ketones (excluding diaryl/α,β-unsaturated/α-hetero) is 1. The second-order valence-corrected chi connectivity index (χ2v) is 12.2. The first-order chi connectivity index (χ1) is 18.0. The first kappa shape index (κ1) is 27.4. The van der Waals surface area contributed by atoms with Gasteiger partial charge in [0.1, 0.15) is 0 Å². The number of nitrogens with one attached hydrogen (secondary N) is 2. The van der Waals surface area contributed by atoms with Gasteiger partial charge in [-0.2, -0.15) is 0 Å². The maximum atomic E-state index is 13.7. The van der Waals surface area contributed by atoms with E-state index in [1.807, 2.05) is 86.9 Å². The van der Waals surface area contributed by atoms with E-state index in [9.17, 15) is 13.2 Å². The second-order valence-electron chi connectivity index (χ2n) is 10.2. The van der Waals surface area contributed by atoms with E-state index in [2.05, 4.69) is 4.72 Å². The highest BCUT2D eigenvalue weighted by Gasteiger charge is 2.22. The average molecular weight is 533 g/mol. The van der Waals surface area contributed by atoms with Crippen LogP contribution in [-0.4, -0.2) is 29.1 Å². The lowest BCUT2D eigenvalue weighted by Crippen LogP contribution is -2.28. The summed E-state index contributed by atoms with van der Waals surface area (Å²) in [7, 11) is -3.49. The van der Waals surface area contributed by atoms with Crippen LogP contribution in [0.5, 0.6) is 0 Å². The Morgan fingerprint density at radius 2 is 1.39 bits per heavy atom. The molecule has 0 radical (unpaired) electrons. The van der Waals surface area contributed by atoms with Gasteiger partial charge in [0.2, 0.25) is 15.6 Å². The standard InChI is InChI=1S/C30H36N4O3S/c1-6-38(36,37)32-29-24(20(2)3)16-23(17-25(29)21(4)5)28(35)19-34-27-15-11-10-14-26(27)33(30(34)31)18-22-12-8-7-9-13-22/h7-17,20-21,31-32H,6,18-19H2,1-5H3. The monoisotopic (exact) mass is 532 g/mol. The molecular formula is C30H36N4O3S. The molecule has 0 aliphatic rings. The zero-order chi connectivity index (χ0) is 27.6. The predicted octanol–water partition coefficient (Wildman–Crippen LogP) is 5.86. The fourth-order valence-corrected chi connectivity index (χ4v) is 5.41. The van der Waals surface area contributed by atoms with Crippen LogP contribution in [0.2, 0.25) is 0 Å². The van der Waals surface area contributed by atoms with Gasteiger partial charge in [0.25, 0.3) is 0 Å². The van der Waals surface area contributed by atoms with Crippen molar-refractivity contribution in [3.8, 4) is 0 Å². The zero-order valence-corrected chi connectivity index (χ0v) is 23.5. The summed E-state index contributed by atoms with van der Waals surface area (Å²) >= 11 is 0. The van der Waals surface area contributed by atoms with Crippen molar-refractivity contribution < 1.29 is 13.2 Å². The van der Waals surface area contributed by atoms with Gasteiger partial charge in [0.05, 0.1) is 35.6 Å². The van der Waals surface area contributed by atoms with Crippen molar-refractivity contribution >= 4 is 32.5 Å². The van der Waals surface area contributed by atoms with Crippen LogP contribution < -0.4 is 10.3 Å². The van der Waals surface area contributed by atoms with Gasteiger partial charge in [-0.1, -0.05) is 70.2 Å². The number of sulfonamides is 1. The van der Waals surface area contributed by atoms with Crippen molar-refractivity contribution in [2.75, 3.05) is 10.5 Å². The number of anilines is 1. The van der Waals surface area contributed by atoms with Crippen LogP contribution in [0.15, 0.2) is 66.7 Å². The topological polar surface area (TPSA) is 97.0 Å². The Morgan fingerprint density at radius 3 is 1.92 bits per heavy atom. The molecule has 0 unspecified atom stereocenters. The van der Waals surface area contributed by atoms with Crippen molar-refractivity contribution in [1.82, 2.24) is 9.13 Å². The number of carbonyl (C=O) groups is 1. The molecule has 38 heavy (non-hydrogen) atoms. The third-order valence-corrected chi connectivity index (χ3v) is 8.14. The number of hydrogen-bond acceptors (Lipinski definition) is 4. The van der Waals surface area contributed by atoms with Crippen LogP contribution in [0.25, 0.3) is 11.0 Å². The molecule has 0 aliphatic carbocycles.